The van der Waals surface area contributed by atoms with Gasteiger partial charge in [-0.2, -0.15) is 11.8 Å². The van der Waals surface area contributed by atoms with E-state index in [0.29, 0.717) is 12.1 Å². The molecule has 1 saturated carbocycles. The maximum Gasteiger partial charge on any atom is 0.0294 e. The van der Waals surface area contributed by atoms with E-state index in [4.69, 9.17) is 0 Å². The summed E-state index contributed by atoms with van der Waals surface area (Å²) in [5.74, 6) is 0. The van der Waals surface area contributed by atoms with Crippen LogP contribution in [-0.4, -0.2) is 17.5 Å². The summed E-state index contributed by atoms with van der Waals surface area (Å²) >= 11 is 2.04. The Labute approximate surface area is 135 Å². The Morgan fingerprint density at radius 3 is 2.10 bits per heavy atom. The van der Waals surface area contributed by atoms with Crippen molar-refractivity contribution < 1.29 is 0 Å². The van der Waals surface area contributed by atoms with Gasteiger partial charge < -0.3 is 5.32 Å². The molecule has 1 nitrogen and oxygen atoms in total. The van der Waals surface area contributed by atoms with Gasteiger partial charge >= 0.3 is 0 Å². The van der Waals surface area contributed by atoms with E-state index in [9.17, 15) is 0 Å². The second-order valence-electron chi connectivity index (χ2n) is 7.47. The molecule has 0 aromatic heterocycles. The first-order valence-corrected chi connectivity index (χ1v) is 9.58. The maximum atomic E-state index is 3.83. The molecule has 21 heavy (non-hydrogen) atoms. The van der Waals surface area contributed by atoms with Crippen LogP contribution in [0.3, 0.4) is 0 Å². The molecular formula is C19H31NS. The van der Waals surface area contributed by atoms with Gasteiger partial charge in [0.1, 0.15) is 0 Å². The van der Waals surface area contributed by atoms with Crippen molar-refractivity contribution in [3.05, 3.63) is 35.4 Å². The van der Waals surface area contributed by atoms with Gasteiger partial charge in [-0.15, -0.1) is 0 Å². The second-order valence-corrected chi connectivity index (χ2v) is 8.61. The molecule has 1 aliphatic rings. The molecule has 0 heterocycles. The first-order valence-electron chi connectivity index (χ1n) is 8.29. The van der Waals surface area contributed by atoms with Gasteiger partial charge in [0, 0.05) is 17.3 Å². The van der Waals surface area contributed by atoms with Gasteiger partial charge in [-0.25, -0.2) is 0 Å². The normalized spacial score (nSPS) is 24.8. The second kappa shape index (κ2) is 7.19. The van der Waals surface area contributed by atoms with Crippen molar-refractivity contribution in [2.45, 2.75) is 76.1 Å². The molecule has 0 amide bonds. The van der Waals surface area contributed by atoms with E-state index in [0.717, 1.165) is 5.25 Å². The minimum Gasteiger partial charge on any atom is -0.307 e. The summed E-state index contributed by atoms with van der Waals surface area (Å²) in [6.07, 6.45) is 7.65. The Kier molecular flexibility index (Phi) is 5.79. The van der Waals surface area contributed by atoms with Gasteiger partial charge in [-0.05, 0) is 55.4 Å². The van der Waals surface area contributed by atoms with Crippen LogP contribution in [-0.2, 0) is 5.41 Å². The molecule has 2 heteroatoms. The minimum absolute atomic E-state index is 0.241. The topological polar surface area (TPSA) is 12.0 Å². The predicted octanol–water partition coefficient (Wildman–Crippen LogP) is 5.31. The van der Waals surface area contributed by atoms with Crippen molar-refractivity contribution in [1.82, 2.24) is 5.32 Å². The molecule has 1 fully saturated rings. The monoisotopic (exact) mass is 305 g/mol. The lowest BCUT2D eigenvalue weighted by Gasteiger charge is -2.30. The minimum atomic E-state index is 0.241. The summed E-state index contributed by atoms with van der Waals surface area (Å²) in [5.41, 5.74) is 3.07. The number of nitrogens with one attached hydrogen (secondary N) is 1. The lowest BCUT2D eigenvalue weighted by Crippen LogP contribution is -2.35. The third kappa shape index (κ3) is 4.75. The average Bonchev–Trinajstić information content (AvgIpc) is 2.47. The Morgan fingerprint density at radius 2 is 1.62 bits per heavy atom. The molecule has 1 aromatic carbocycles. The molecule has 0 spiro atoms. The average molecular weight is 306 g/mol. The predicted molar refractivity (Wildman–Crippen MR) is 96.3 cm³/mol. The highest BCUT2D eigenvalue weighted by molar-refractivity contribution is 7.99. The number of rotatable bonds is 4. The van der Waals surface area contributed by atoms with Crippen LogP contribution in [0, 0.1) is 0 Å². The number of thioether (sulfide) groups is 1. The van der Waals surface area contributed by atoms with Crippen LogP contribution in [0.5, 0.6) is 0 Å². The molecule has 1 aromatic rings. The van der Waals surface area contributed by atoms with Gasteiger partial charge in [0.25, 0.3) is 0 Å². The fourth-order valence-corrected chi connectivity index (χ4v) is 3.93. The fourth-order valence-electron chi connectivity index (χ4n) is 3.19. The molecule has 1 aliphatic carbocycles. The van der Waals surface area contributed by atoms with Crippen LogP contribution >= 0.6 is 11.8 Å². The molecule has 0 saturated heterocycles. The summed E-state index contributed by atoms with van der Waals surface area (Å²) in [6, 6.07) is 10.3. The first-order chi connectivity index (χ1) is 9.90. The lowest BCUT2D eigenvalue weighted by atomic mass is 9.86. The summed E-state index contributed by atoms with van der Waals surface area (Å²) in [7, 11) is 0. The van der Waals surface area contributed by atoms with E-state index in [1.54, 1.807) is 0 Å². The molecule has 0 aliphatic heterocycles. The summed E-state index contributed by atoms with van der Waals surface area (Å²) in [5, 5.41) is 4.72. The number of hydrogen-bond donors (Lipinski definition) is 1. The van der Waals surface area contributed by atoms with Crippen LogP contribution in [0.1, 0.15) is 70.5 Å². The zero-order valence-corrected chi connectivity index (χ0v) is 15.1. The molecule has 1 N–H and O–H groups in total. The quantitative estimate of drug-likeness (QED) is 0.809. The van der Waals surface area contributed by atoms with Gasteiger partial charge in [-0.3, -0.25) is 0 Å². The van der Waals surface area contributed by atoms with Crippen LogP contribution in [0.25, 0.3) is 0 Å². The Hall–Kier alpha value is -0.470. The highest BCUT2D eigenvalue weighted by Gasteiger charge is 2.22. The van der Waals surface area contributed by atoms with Crippen molar-refractivity contribution >= 4 is 11.8 Å². The molecule has 1 atom stereocenters. The highest BCUT2D eigenvalue weighted by Crippen LogP contribution is 2.29. The van der Waals surface area contributed by atoms with E-state index >= 15 is 0 Å². The van der Waals surface area contributed by atoms with Crippen molar-refractivity contribution in [2.75, 3.05) is 6.26 Å². The smallest absolute Gasteiger partial charge is 0.0294 e. The zero-order chi connectivity index (χ0) is 15.5. The molecular weight excluding hydrogens is 274 g/mol. The van der Waals surface area contributed by atoms with Crippen molar-refractivity contribution in [1.29, 1.82) is 0 Å². The van der Waals surface area contributed by atoms with Crippen molar-refractivity contribution in [2.24, 2.45) is 0 Å². The standard InChI is InChI=1S/C19H31NS/c1-14(20-17-10-12-18(21-5)13-11-17)15-6-8-16(9-7-15)19(2,3)4/h6-9,14,17-18,20H,10-13H2,1-5H3. The lowest BCUT2D eigenvalue weighted by molar-refractivity contribution is 0.352. The Balaban J connectivity index is 1.90. The van der Waals surface area contributed by atoms with Gasteiger partial charge in [0.2, 0.25) is 0 Å². The van der Waals surface area contributed by atoms with Crippen LogP contribution in [0.4, 0.5) is 0 Å². The first kappa shape index (κ1) is 16.9. The summed E-state index contributed by atoms with van der Waals surface area (Å²) in [4.78, 5) is 0. The number of benzene rings is 1. The van der Waals surface area contributed by atoms with Crippen molar-refractivity contribution in [3.8, 4) is 0 Å². The van der Waals surface area contributed by atoms with Crippen LogP contribution < -0.4 is 5.32 Å². The zero-order valence-electron chi connectivity index (χ0n) is 14.3. The summed E-state index contributed by atoms with van der Waals surface area (Å²) < 4.78 is 0. The highest BCUT2D eigenvalue weighted by atomic mass is 32.2. The molecule has 0 radical (unpaired) electrons. The van der Waals surface area contributed by atoms with E-state index in [-0.39, 0.29) is 5.41 Å². The van der Waals surface area contributed by atoms with Gasteiger partial charge in [0.05, 0.1) is 0 Å². The molecule has 2 rings (SSSR count). The third-order valence-electron chi connectivity index (χ3n) is 4.77. The van der Waals surface area contributed by atoms with Gasteiger partial charge in [-0.1, -0.05) is 45.0 Å². The molecule has 118 valence electrons. The number of hydrogen-bond acceptors (Lipinski definition) is 2. The van der Waals surface area contributed by atoms with E-state index in [1.807, 2.05) is 11.8 Å². The fraction of sp³-hybridized carbons (Fsp3) is 0.684. The maximum absolute atomic E-state index is 3.83. The van der Waals surface area contributed by atoms with E-state index in [1.165, 1.54) is 36.8 Å². The Morgan fingerprint density at radius 1 is 1.05 bits per heavy atom. The SMILES string of the molecule is CSC1CCC(NC(C)c2ccc(C(C)(C)C)cc2)CC1. The van der Waals surface area contributed by atoms with Gasteiger partial charge in [0.15, 0.2) is 0 Å². The third-order valence-corrected chi connectivity index (χ3v) is 5.91. The molecule has 0 bridgehead atoms. The van der Waals surface area contributed by atoms with Crippen LogP contribution in [0.2, 0.25) is 0 Å². The van der Waals surface area contributed by atoms with E-state index in [2.05, 4.69) is 63.5 Å². The van der Waals surface area contributed by atoms with E-state index < -0.39 is 0 Å². The van der Waals surface area contributed by atoms with Crippen LogP contribution in [0.15, 0.2) is 24.3 Å². The molecule has 1 unspecified atom stereocenters. The van der Waals surface area contributed by atoms with Crippen molar-refractivity contribution in [3.63, 3.8) is 0 Å². The summed E-state index contributed by atoms with van der Waals surface area (Å²) in [6.45, 7) is 9.11. The Bertz CT molecular complexity index is 424. The largest absolute Gasteiger partial charge is 0.307 e.